The highest BCUT2D eigenvalue weighted by Crippen LogP contribution is 2.17. The Balaban J connectivity index is 1.84. The molecule has 1 aromatic heterocycles. The van der Waals surface area contributed by atoms with E-state index in [2.05, 4.69) is 0 Å². The van der Waals surface area contributed by atoms with Crippen molar-refractivity contribution in [2.24, 2.45) is 7.05 Å². The van der Waals surface area contributed by atoms with Crippen LogP contribution in [0.3, 0.4) is 0 Å². The second-order valence-electron chi connectivity index (χ2n) is 6.13. The number of aromatic nitrogens is 2. The number of carboxylic acid groups (broad SMARTS) is 2. The molecule has 0 bridgehead atoms. The van der Waals surface area contributed by atoms with Crippen LogP contribution in [-0.4, -0.2) is 67.0 Å². The summed E-state index contributed by atoms with van der Waals surface area (Å²) < 4.78 is 3.16. The fourth-order valence-electron chi connectivity index (χ4n) is 3.39. The molecule has 0 unspecified atom stereocenters. The third-order valence-corrected chi connectivity index (χ3v) is 4.74. The lowest BCUT2D eigenvalue weighted by Gasteiger charge is -2.38. The molecule has 1 saturated heterocycles. The predicted molar refractivity (Wildman–Crippen MR) is 89.9 cm³/mol. The molecule has 0 saturated carbocycles. The van der Waals surface area contributed by atoms with Crippen molar-refractivity contribution in [1.82, 2.24) is 18.9 Å². The number of fused-ring (bicyclic) bond motifs is 1. The molecule has 2 amide bonds. The Morgan fingerprint density at radius 3 is 2.44 bits per heavy atom. The molecular weight excluding hydrogens is 328 g/mol. The van der Waals surface area contributed by atoms with E-state index in [0.717, 1.165) is 11.0 Å². The van der Waals surface area contributed by atoms with E-state index in [-0.39, 0.29) is 25.3 Å². The number of nitrogens with zero attached hydrogens (tertiary/aromatic N) is 4. The van der Waals surface area contributed by atoms with Crippen molar-refractivity contribution in [1.29, 1.82) is 0 Å². The maximum Gasteiger partial charge on any atom is 0.407 e. The highest BCUT2D eigenvalue weighted by molar-refractivity contribution is 5.75. The Morgan fingerprint density at radius 2 is 1.80 bits per heavy atom. The van der Waals surface area contributed by atoms with E-state index in [1.807, 2.05) is 24.3 Å². The lowest BCUT2D eigenvalue weighted by atomic mass is 10.1. The number of rotatable bonds is 3. The van der Waals surface area contributed by atoms with E-state index >= 15 is 0 Å². The molecule has 9 nitrogen and oxygen atoms in total. The molecule has 1 aliphatic rings. The molecule has 0 aliphatic carbocycles. The van der Waals surface area contributed by atoms with Crippen LogP contribution in [-0.2, 0) is 13.6 Å². The maximum absolute atomic E-state index is 12.4. The number of para-hydroxylation sites is 2. The highest BCUT2D eigenvalue weighted by Gasteiger charge is 2.32. The molecule has 2 aromatic rings. The summed E-state index contributed by atoms with van der Waals surface area (Å²) in [6.07, 6.45) is -1.76. The van der Waals surface area contributed by atoms with Crippen LogP contribution in [0.15, 0.2) is 29.1 Å². The molecule has 1 aliphatic heterocycles. The first kappa shape index (κ1) is 16.9. The summed E-state index contributed by atoms with van der Waals surface area (Å²) in [5.41, 5.74) is 1.41. The van der Waals surface area contributed by atoms with Gasteiger partial charge in [-0.25, -0.2) is 14.4 Å². The summed E-state index contributed by atoms with van der Waals surface area (Å²) in [5.74, 6) is 0. The largest absolute Gasteiger partial charge is 0.465 e. The first-order chi connectivity index (χ1) is 11.9. The molecule has 9 heteroatoms. The fourth-order valence-corrected chi connectivity index (χ4v) is 3.39. The molecule has 2 heterocycles. The van der Waals surface area contributed by atoms with Gasteiger partial charge in [-0.3, -0.25) is 9.13 Å². The summed E-state index contributed by atoms with van der Waals surface area (Å²) in [7, 11) is 1.69. The normalized spacial score (nSPS) is 17.9. The van der Waals surface area contributed by atoms with Crippen LogP contribution in [0.4, 0.5) is 9.59 Å². The lowest BCUT2D eigenvalue weighted by Crippen LogP contribution is -2.56. The van der Waals surface area contributed by atoms with Gasteiger partial charge < -0.3 is 20.0 Å². The molecule has 1 aromatic carbocycles. The Bertz CT molecular complexity index is 871. The van der Waals surface area contributed by atoms with E-state index in [9.17, 15) is 19.5 Å². The van der Waals surface area contributed by atoms with Crippen molar-refractivity contribution in [3.63, 3.8) is 0 Å². The van der Waals surface area contributed by atoms with Gasteiger partial charge in [-0.15, -0.1) is 0 Å². The summed E-state index contributed by atoms with van der Waals surface area (Å²) in [6, 6.07) is 6.91. The van der Waals surface area contributed by atoms with Crippen molar-refractivity contribution in [2.45, 2.75) is 19.0 Å². The van der Waals surface area contributed by atoms with Crippen LogP contribution in [0, 0.1) is 0 Å². The van der Waals surface area contributed by atoms with Crippen LogP contribution in [0.2, 0.25) is 0 Å². The Hall–Kier alpha value is -2.97. The Labute approximate surface area is 143 Å². The van der Waals surface area contributed by atoms with Crippen molar-refractivity contribution in [3.8, 4) is 0 Å². The quantitative estimate of drug-likeness (QED) is 0.863. The summed E-state index contributed by atoms with van der Waals surface area (Å²) in [4.78, 5) is 37.5. The van der Waals surface area contributed by atoms with Gasteiger partial charge in [0.15, 0.2) is 0 Å². The third-order valence-electron chi connectivity index (χ3n) is 4.74. The minimum atomic E-state index is -1.07. The highest BCUT2D eigenvalue weighted by atomic mass is 16.4. The van der Waals surface area contributed by atoms with Gasteiger partial charge in [-0.1, -0.05) is 12.1 Å². The summed E-state index contributed by atoms with van der Waals surface area (Å²) in [6.45, 7) is 0.728. The van der Waals surface area contributed by atoms with Crippen molar-refractivity contribution >= 4 is 23.2 Å². The zero-order valence-corrected chi connectivity index (χ0v) is 13.8. The standard InChI is InChI=1S/C16H20N4O5/c1-17-12-4-2-3-5-13(12)20(14(17)21)7-6-11-10-18(15(22)23)8-9-19(11)16(24)25/h2-5,11H,6-10H2,1H3,(H,22,23)(H,24,25)/t11-/m1/s1. The molecule has 0 radical (unpaired) electrons. The van der Waals surface area contributed by atoms with Gasteiger partial charge >= 0.3 is 17.9 Å². The molecule has 134 valence electrons. The SMILES string of the molecule is Cn1c(=O)n(CC[C@@H]2CN(C(=O)O)CCN2C(=O)O)c2ccccc21. The second-order valence-corrected chi connectivity index (χ2v) is 6.13. The third kappa shape index (κ3) is 3.04. The average molecular weight is 348 g/mol. The summed E-state index contributed by atoms with van der Waals surface area (Å²) >= 11 is 0. The molecular formula is C16H20N4O5. The van der Waals surface area contributed by atoms with Gasteiger partial charge in [0.05, 0.1) is 17.1 Å². The van der Waals surface area contributed by atoms with Crippen LogP contribution < -0.4 is 5.69 Å². The minimum Gasteiger partial charge on any atom is -0.465 e. The van der Waals surface area contributed by atoms with Crippen molar-refractivity contribution in [3.05, 3.63) is 34.7 Å². The molecule has 25 heavy (non-hydrogen) atoms. The van der Waals surface area contributed by atoms with Crippen LogP contribution in [0.25, 0.3) is 11.0 Å². The number of aryl methyl sites for hydroxylation is 2. The topological polar surface area (TPSA) is 108 Å². The number of piperazine rings is 1. The number of carbonyl (C=O) groups is 2. The minimum absolute atomic E-state index is 0.112. The van der Waals surface area contributed by atoms with E-state index in [1.165, 1.54) is 9.80 Å². The van der Waals surface area contributed by atoms with E-state index < -0.39 is 18.2 Å². The number of benzene rings is 1. The maximum atomic E-state index is 12.4. The van der Waals surface area contributed by atoms with Gasteiger partial charge in [-0.05, 0) is 18.6 Å². The lowest BCUT2D eigenvalue weighted by molar-refractivity contribution is 0.0597. The Morgan fingerprint density at radius 1 is 1.12 bits per heavy atom. The first-order valence-electron chi connectivity index (χ1n) is 8.02. The van der Waals surface area contributed by atoms with E-state index in [0.29, 0.717) is 13.0 Å². The smallest absolute Gasteiger partial charge is 0.407 e. The van der Waals surface area contributed by atoms with Gasteiger partial charge in [0.1, 0.15) is 0 Å². The zero-order valence-electron chi connectivity index (χ0n) is 13.8. The molecule has 2 N–H and O–H groups in total. The van der Waals surface area contributed by atoms with Gasteiger partial charge in [0, 0.05) is 33.2 Å². The molecule has 1 fully saturated rings. The second kappa shape index (κ2) is 6.50. The van der Waals surface area contributed by atoms with Crippen LogP contribution >= 0.6 is 0 Å². The fraction of sp³-hybridized carbons (Fsp3) is 0.438. The van der Waals surface area contributed by atoms with Crippen molar-refractivity contribution in [2.75, 3.05) is 19.6 Å². The number of hydrogen-bond acceptors (Lipinski definition) is 3. The van der Waals surface area contributed by atoms with E-state index in [1.54, 1.807) is 16.2 Å². The van der Waals surface area contributed by atoms with Gasteiger partial charge in [0.2, 0.25) is 0 Å². The van der Waals surface area contributed by atoms with E-state index in [4.69, 9.17) is 5.11 Å². The van der Waals surface area contributed by atoms with Crippen molar-refractivity contribution < 1.29 is 19.8 Å². The Kier molecular flexibility index (Phi) is 4.39. The number of imidazole rings is 1. The molecule has 0 spiro atoms. The van der Waals surface area contributed by atoms with Crippen LogP contribution in [0.1, 0.15) is 6.42 Å². The molecule has 3 rings (SSSR count). The monoisotopic (exact) mass is 348 g/mol. The van der Waals surface area contributed by atoms with Gasteiger partial charge in [0.25, 0.3) is 0 Å². The first-order valence-corrected chi connectivity index (χ1v) is 8.02. The average Bonchev–Trinajstić information content (AvgIpc) is 2.84. The summed E-state index contributed by atoms with van der Waals surface area (Å²) in [5, 5.41) is 18.5. The predicted octanol–water partition coefficient (Wildman–Crippen LogP) is 1.07. The van der Waals surface area contributed by atoms with Gasteiger partial charge in [-0.2, -0.15) is 0 Å². The zero-order chi connectivity index (χ0) is 18.1. The van der Waals surface area contributed by atoms with Crippen LogP contribution in [0.5, 0.6) is 0 Å². The number of hydrogen-bond donors (Lipinski definition) is 2. The number of amides is 2. The molecule has 1 atom stereocenters.